The van der Waals surface area contributed by atoms with Crippen LogP contribution in [0.5, 0.6) is 0 Å². The van der Waals surface area contributed by atoms with E-state index in [4.69, 9.17) is 4.42 Å². The molecular weight excluding hydrogens is 390 g/mol. The number of furan rings is 1. The number of hydrogen-bond donors (Lipinski definition) is 3. The number of sulfonamides is 1. The summed E-state index contributed by atoms with van der Waals surface area (Å²) >= 11 is 0. The van der Waals surface area contributed by atoms with E-state index in [-0.39, 0.29) is 23.4 Å². The van der Waals surface area contributed by atoms with Gasteiger partial charge in [0, 0.05) is 11.3 Å². The fourth-order valence-electron chi connectivity index (χ4n) is 3.06. The van der Waals surface area contributed by atoms with Crippen molar-refractivity contribution in [2.45, 2.75) is 17.9 Å². The Bertz CT molecular complexity index is 1060. The Balaban J connectivity index is 1.71. The molecule has 7 nitrogen and oxygen atoms in total. The molecule has 0 saturated heterocycles. The first-order valence-electron chi connectivity index (χ1n) is 9.16. The first kappa shape index (κ1) is 20.8. The van der Waals surface area contributed by atoms with Crippen molar-refractivity contribution >= 4 is 21.6 Å². The number of nitrogens with two attached hydrogens (primary N) is 1. The number of rotatable bonds is 8. The van der Waals surface area contributed by atoms with E-state index >= 15 is 0 Å². The Morgan fingerprint density at radius 2 is 1.86 bits per heavy atom. The summed E-state index contributed by atoms with van der Waals surface area (Å²) < 4.78 is 32.1. The second-order valence-electron chi connectivity index (χ2n) is 6.58. The number of aryl methyl sites for hydroxylation is 1. The SMILES string of the molecule is CNS(=O)(=O)c1cc(NC(=O)C[NH2+][C@H](c2ccccc2)c2ccco2)ccc1C. The summed E-state index contributed by atoms with van der Waals surface area (Å²) in [6.45, 7) is 1.85. The number of carbonyl (C=O) groups excluding carboxylic acids is 1. The van der Waals surface area contributed by atoms with Gasteiger partial charge in [-0.25, -0.2) is 13.1 Å². The summed E-state index contributed by atoms with van der Waals surface area (Å²) in [5, 5.41) is 4.64. The Labute approximate surface area is 170 Å². The predicted molar refractivity (Wildman–Crippen MR) is 110 cm³/mol. The highest BCUT2D eigenvalue weighted by molar-refractivity contribution is 7.89. The average molecular weight is 415 g/mol. The van der Waals surface area contributed by atoms with E-state index < -0.39 is 10.0 Å². The van der Waals surface area contributed by atoms with Gasteiger partial charge in [-0.3, -0.25) is 4.79 Å². The molecule has 8 heteroatoms. The van der Waals surface area contributed by atoms with Crippen molar-refractivity contribution in [3.8, 4) is 0 Å². The fourth-order valence-corrected chi connectivity index (χ4v) is 4.05. The van der Waals surface area contributed by atoms with E-state index in [1.807, 2.05) is 47.8 Å². The van der Waals surface area contributed by atoms with Gasteiger partial charge in [-0.05, 0) is 43.8 Å². The molecule has 1 amide bonds. The van der Waals surface area contributed by atoms with Gasteiger partial charge in [-0.15, -0.1) is 0 Å². The number of anilines is 1. The van der Waals surface area contributed by atoms with Gasteiger partial charge in [-0.1, -0.05) is 36.4 Å². The van der Waals surface area contributed by atoms with Gasteiger partial charge in [0.1, 0.15) is 0 Å². The summed E-state index contributed by atoms with van der Waals surface area (Å²) in [5.74, 6) is 0.510. The highest BCUT2D eigenvalue weighted by atomic mass is 32.2. The zero-order valence-corrected chi connectivity index (χ0v) is 17.1. The Morgan fingerprint density at radius 1 is 1.10 bits per heavy atom. The van der Waals surface area contributed by atoms with Crippen LogP contribution in [0, 0.1) is 6.92 Å². The van der Waals surface area contributed by atoms with Crippen LogP contribution >= 0.6 is 0 Å². The van der Waals surface area contributed by atoms with Crippen molar-refractivity contribution < 1.29 is 22.9 Å². The minimum absolute atomic E-state index is 0.138. The maximum absolute atomic E-state index is 12.5. The van der Waals surface area contributed by atoms with Crippen LogP contribution in [0.3, 0.4) is 0 Å². The maximum atomic E-state index is 12.5. The average Bonchev–Trinajstić information content (AvgIpc) is 3.25. The van der Waals surface area contributed by atoms with Crippen LogP contribution in [-0.2, 0) is 14.8 Å². The second-order valence-corrected chi connectivity index (χ2v) is 8.43. The number of nitrogens with one attached hydrogen (secondary N) is 2. The van der Waals surface area contributed by atoms with E-state index in [0.717, 1.165) is 11.3 Å². The summed E-state index contributed by atoms with van der Waals surface area (Å²) in [4.78, 5) is 12.6. The largest absolute Gasteiger partial charge is 0.463 e. The van der Waals surface area contributed by atoms with E-state index in [1.54, 1.807) is 25.3 Å². The molecule has 29 heavy (non-hydrogen) atoms. The van der Waals surface area contributed by atoms with Crippen molar-refractivity contribution in [1.29, 1.82) is 0 Å². The van der Waals surface area contributed by atoms with Crippen LogP contribution in [-0.4, -0.2) is 27.9 Å². The number of hydrogen-bond acceptors (Lipinski definition) is 4. The molecule has 0 saturated carbocycles. The summed E-state index contributed by atoms with van der Waals surface area (Å²) in [6, 6.07) is 18.1. The van der Waals surface area contributed by atoms with Crippen molar-refractivity contribution in [3.05, 3.63) is 83.8 Å². The molecule has 0 aliphatic carbocycles. The van der Waals surface area contributed by atoms with E-state index in [1.165, 1.54) is 13.1 Å². The van der Waals surface area contributed by atoms with Crippen LogP contribution in [0.4, 0.5) is 5.69 Å². The lowest BCUT2D eigenvalue weighted by molar-refractivity contribution is -0.678. The zero-order valence-electron chi connectivity index (χ0n) is 16.3. The molecule has 3 aromatic rings. The normalized spacial score (nSPS) is 12.5. The molecular formula is C21H24N3O4S+. The lowest BCUT2D eigenvalue weighted by atomic mass is 10.0. The zero-order chi connectivity index (χ0) is 20.9. The third-order valence-electron chi connectivity index (χ3n) is 4.58. The Hall–Kier alpha value is -2.94. The number of carbonyl (C=O) groups is 1. The lowest BCUT2D eigenvalue weighted by Gasteiger charge is -2.14. The predicted octanol–water partition coefficient (Wildman–Crippen LogP) is 1.79. The van der Waals surface area contributed by atoms with Crippen molar-refractivity contribution in [3.63, 3.8) is 0 Å². The molecule has 2 aromatic carbocycles. The van der Waals surface area contributed by atoms with Gasteiger partial charge >= 0.3 is 0 Å². The van der Waals surface area contributed by atoms with Crippen LogP contribution in [0.1, 0.15) is 22.9 Å². The topological polar surface area (TPSA) is 105 Å². The number of amides is 1. The Morgan fingerprint density at radius 3 is 2.52 bits per heavy atom. The maximum Gasteiger partial charge on any atom is 0.279 e. The minimum atomic E-state index is -3.60. The quantitative estimate of drug-likeness (QED) is 0.523. The van der Waals surface area contributed by atoms with Crippen LogP contribution in [0.15, 0.2) is 76.2 Å². The van der Waals surface area contributed by atoms with Crippen molar-refractivity contribution in [2.75, 3.05) is 18.9 Å². The second kappa shape index (κ2) is 9.04. The van der Waals surface area contributed by atoms with Crippen molar-refractivity contribution in [1.82, 2.24) is 4.72 Å². The molecule has 0 radical (unpaired) electrons. The minimum Gasteiger partial charge on any atom is -0.463 e. The third-order valence-corrected chi connectivity index (χ3v) is 6.13. The summed E-state index contributed by atoms with van der Waals surface area (Å²) in [6.07, 6.45) is 1.61. The fraction of sp³-hybridized carbons (Fsp3) is 0.190. The van der Waals surface area contributed by atoms with Crippen LogP contribution < -0.4 is 15.4 Å². The molecule has 1 aromatic heterocycles. The summed E-state index contributed by atoms with van der Waals surface area (Å²) in [7, 11) is -2.25. The molecule has 0 aliphatic rings. The molecule has 4 N–H and O–H groups in total. The lowest BCUT2D eigenvalue weighted by Crippen LogP contribution is -2.87. The highest BCUT2D eigenvalue weighted by Crippen LogP contribution is 2.20. The molecule has 0 fully saturated rings. The van der Waals surface area contributed by atoms with Gasteiger partial charge in [-0.2, -0.15) is 0 Å². The van der Waals surface area contributed by atoms with Gasteiger partial charge in [0.25, 0.3) is 5.91 Å². The van der Waals surface area contributed by atoms with Gasteiger partial charge in [0.2, 0.25) is 10.0 Å². The van der Waals surface area contributed by atoms with E-state index in [2.05, 4.69) is 10.0 Å². The monoisotopic (exact) mass is 414 g/mol. The first-order chi connectivity index (χ1) is 13.9. The van der Waals surface area contributed by atoms with Gasteiger partial charge < -0.3 is 15.1 Å². The smallest absolute Gasteiger partial charge is 0.279 e. The molecule has 0 bridgehead atoms. The Kier molecular flexibility index (Phi) is 6.48. The van der Waals surface area contributed by atoms with Crippen molar-refractivity contribution in [2.24, 2.45) is 0 Å². The van der Waals surface area contributed by atoms with Gasteiger partial charge in [0.05, 0.1) is 11.2 Å². The summed E-state index contributed by atoms with van der Waals surface area (Å²) in [5.41, 5.74) is 2.05. The third kappa shape index (κ3) is 5.11. The molecule has 0 spiro atoms. The van der Waals surface area contributed by atoms with E-state index in [0.29, 0.717) is 11.3 Å². The molecule has 0 aliphatic heterocycles. The molecule has 1 atom stereocenters. The molecule has 152 valence electrons. The molecule has 0 unspecified atom stereocenters. The molecule has 3 rings (SSSR count). The van der Waals surface area contributed by atoms with Gasteiger partial charge in [0.15, 0.2) is 18.3 Å². The van der Waals surface area contributed by atoms with Crippen LogP contribution in [0.2, 0.25) is 0 Å². The first-order valence-corrected chi connectivity index (χ1v) is 10.6. The standard InChI is InChI=1S/C21H23N3O4S/c1-15-10-11-17(13-19(15)29(26,27)22-2)24-20(25)14-23-21(18-9-6-12-28-18)16-7-4-3-5-8-16/h3-13,21-23H,14H2,1-2H3,(H,24,25)/p+1/t21-/m1/s1. The molecule has 1 heterocycles. The number of quaternary nitrogens is 1. The van der Waals surface area contributed by atoms with E-state index in [9.17, 15) is 13.2 Å². The van der Waals surface area contributed by atoms with Crippen LogP contribution in [0.25, 0.3) is 0 Å². The highest BCUT2D eigenvalue weighted by Gasteiger charge is 2.22. The number of benzene rings is 2.